The fraction of sp³-hybridized carbons (Fsp3) is 1.00. The molecule has 3 aliphatic carbocycles. The van der Waals surface area contributed by atoms with E-state index >= 15 is 0 Å². The van der Waals surface area contributed by atoms with Gasteiger partial charge in [0.05, 0.1) is 0 Å². The highest BCUT2D eigenvalue weighted by atomic mass is 14.8. The summed E-state index contributed by atoms with van der Waals surface area (Å²) in [5, 5.41) is 0. The summed E-state index contributed by atoms with van der Waals surface area (Å²) in [6.45, 7) is 0.881. The first-order valence-electron chi connectivity index (χ1n) is 6.72. The Kier molecular flexibility index (Phi) is 2.33. The second-order valence-electron chi connectivity index (χ2n) is 6.23. The Bertz CT molecular complexity index is 249. The van der Waals surface area contributed by atoms with Gasteiger partial charge in [0.1, 0.15) is 0 Å². The number of hydrogen-bond acceptors (Lipinski definition) is 2. The molecule has 0 saturated heterocycles. The maximum absolute atomic E-state index is 6.51. The lowest BCUT2D eigenvalue weighted by molar-refractivity contribution is 0.0505. The van der Waals surface area contributed by atoms with Crippen molar-refractivity contribution in [3.63, 3.8) is 0 Å². The standard InChI is InChI=1S/C13H24N2/c14-8-9-2-1-5-13(7-9)11-4-3-10(6-11)12(13)15/h9-12H,1-8,14-15H2/t9-,10-,11+,12+,13-/m0/s1. The molecule has 15 heavy (non-hydrogen) atoms. The fourth-order valence-corrected chi connectivity index (χ4v) is 4.94. The van der Waals surface area contributed by atoms with Gasteiger partial charge in [0.2, 0.25) is 0 Å². The summed E-state index contributed by atoms with van der Waals surface area (Å²) in [6.07, 6.45) is 9.74. The van der Waals surface area contributed by atoms with E-state index in [0.717, 1.165) is 24.3 Å². The molecule has 0 unspecified atom stereocenters. The molecule has 3 aliphatic rings. The van der Waals surface area contributed by atoms with Gasteiger partial charge in [-0.05, 0) is 68.2 Å². The van der Waals surface area contributed by atoms with E-state index in [4.69, 9.17) is 11.5 Å². The number of nitrogens with two attached hydrogens (primary N) is 2. The maximum atomic E-state index is 6.51. The zero-order chi connectivity index (χ0) is 10.5. The van der Waals surface area contributed by atoms with E-state index in [-0.39, 0.29) is 0 Å². The molecule has 0 aliphatic heterocycles. The molecule has 5 atom stereocenters. The average Bonchev–Trinajstić information content (AvgIpc) is 2.84. The van der Waals surface area contributed by atoms with Gasteiger partial charge in [-0.3, -0.25) is 0 Å². The van der Waals surface area contributed by atoms with Crippen LogP contribution in [0.1, 0.15) is 44.9 Å². The Balaban J connectivity index is 1.83. The van der Waals surface area contributed by atoms with Crippen LogP contribution < -0.4 is 11.5 Å². The third-order valence-corrected chi connectivity index (χ3v) is 5.71. The Labute approximate surface area is 92.8 Å². The first kappa shape index (κ1) is 10.1. The summed E-state index contributed by atoms with van der Waals surface area (Å²) in [5.41, 5.74) is 12.9. The van der Waals surface area contributed by atoms with Crippen LogP contribution in [-0.2, 0) is 0 Å². The van der Waals surface area contributed by atoms with Crippen molar-refractivity contribution in [1.82, 2.24) is 0 Å². The van der Waals surface area contributed by atoms with Crippen molar-refractivity contribution < 1.29 is 0 Å². The lowest BCUT2D eigenvalue weighted by atomic mass is 9.59. The Morgan fingerprint density at radius 2 is 2.07 bits per heavy atom. The van der Waals surface area contributed by atoms with Crippen molar-refractivity contribution in [3.8, 4) is 0 Å². The molecule has 0 aromatic rings. The van der Waals surface area contributed by atoms with Gasteiger partial charge in [0.15, 0.2) is 0 Å². The van der Waals surface area contributed by atoms with Crippen LogP contribution in [0.5, 0.6) is 0 Å². The van der Waals surface area contributed by atoms with Crippen molar-refractivity contribution in [1.29, 1.82) is 0 Å². The van der Waals surface area contributed by atoms with Crippen molar-refractivity contribution in [2.75, 3.05) is 6.54 Å². The fourth-order valence-electron chi connectivity index (χ4n) is 4.94. The molecule has 0 aromatic heterocycles. The molecule has 2 nitrogen and oxygen atoms in total. The summed E-state index contributed by atoms with van der Waals surface area (Å²) in [6, 6.07) is 0.505. The van der Waals surface area contributed by atoms with Crippen molar-refractivity contribution in [2.45, 2.75) is 51.0 Å². The zero-order valence-corrected chi connectivity index (χ0v) is 9.62. The molecule has 3 fully saturated rings. The average molecular weight is 208 g/mol. The van der Waals surface area contributed by atoms with Gasteiger partial charge in [-0.2, -0.15) is 0 Å². The third kappa shape index (κ3) is 1.31. The van der Waals surface area contributed by atoms with E-state index in [1.54, 1.807) is 0 Å². The van der Waals surface area contributed by atoms with Crippen LogP contribution >= 0.6 is 0 Å². The van der Waals surface area contributed by atoms with Gasteiger partial charge >= 0.3 is 0 Å². The number of fused-ring (bicyclic) bond motifs is 3. The lowest BCUT2D eigenvalue weighted by Crippen LogP contribution is -2.49. The van der Waals surface area contributed by atoms with Crippen molar-refractivity contribution in [2.24, 2.45) is 34.6 Å². The summed E-state index contributed by atoms with van der Waals surface area (Å²) in [7, 11) is 0. The molecule has 2 heteroatoms. The monoisotopic (exact) mass is 208 g/mol. The summed E-state index contributed by atoms with van der Waals surface area (Å²) in [5.74, 6) is 2.57. The highest BCUT2D eigenvalue weighted by Crippen LogP contribution is 2.61. The molecule has 0 amide bonds. The van der Waals surface area contributed by atoms with Gasteiger partial charge in [-0.1, -0.05) is 6.42 Å². The van der Waals surface area contributed by atoms with Gasteiger partial charge in [-0.15, -0.1) is 0 Å². The van der Waals surface area contributed by atoms with Crippen LogP contribution in [0.4, 0.5) is 0 Å². The van der Waals surface area contributed by atoms with E-state index in [2.05, 4.69) is 0 Å². The van der Waals surface area contributed by atoms with Gasteiger partial charge in [-0.25, -0.2) is 0 Å². The normalized spacial score (nSPS) is 54.0. The summed E-state index contributed by atoms with van der Waals surface area (Å²) in [4.78, 5) is 0. The van der Waals surface area contributed by atoms with Gasteiger partial charge in [0, 0.05) is 6.04 Å². The van der Waals surface area contributed by atoms with Crippen LogP contribution in [0.15, 0.2) is 0 Å². The number of hydrogen-bond donors (Lipinski definition) is 2. The Morgan fingerprint density at radius 3 is 2.73 bits per heavy atom. The first-order chi connectivity index (χ1) is 7.26. The summed E-state index contributed by atoms with van der Waals surface area (Å²) >= 11 is 0. The number of rotatable bonds is 1. The highest BCUT2D eigenvalue weighted by molar-refractivity contribution is 5.10. The predicted octanol–water partition coefficient (Wildman–Crippen LogP) is 1.88. The third-order valence-electron chi connectivity index (χ3n) is 5.71. The molecule has 0 heterocycles. The molecule has 86 valence electrons. The van der Waals surface area contributed by atoms with E-state index in [1.807, 2.05) is 0 Å². The minimum absolute atomic E-state index is 0.505. The van der Waals surface area contributed by atoms with Gasteiger partial charge in [0.25, 0.3) is 0 Å². The molecular formula is C13H24N2. The Morgan fingerprint density at radius 1 is 1.20 bits per heavy atom. The first-order valence-corrected chi connectivity index (χ1v) is 6.72. The molecule has 1 spiro atoms. The van der Waals surface area contributed by atoms with Crippen LogP contribution in [0, 0.1) is 23.2 Å². The van der Waals surface area contributed by atoms with E-state index in [1.165, 1.54) is 44.9 Å². The zero-order valence-electron chi connectivity index (χ0n) is 9.62. The SMILES string of the molecule is NC[C@H]1CCC[C@]2(C1)[C@@H]1CC[C@@H](C1)[C@H]2N. The maximum Gasteiger partial charge on any atom is 0.0127 e. The topological polar surface area (TPSA) is 52.0 Å². The molecule has 0 aromatic carbocycles. The molecule has 0 radical (unpaired) electrons. The van der Waals surface area contributed by atoms with E-state index in [0.29, 0.717) is 11.5 Å². The van der Waals surface area contributed by atoms with Crippen molar-refractivity contribution in [3.05, 3.63) is 0 Å². The van der Waals surface area contributed by atoms with E-state index < -0.39 is 0 Å². The molecule has 2 bridgehead atoms. The van der Waals surface area contributed by atoms with Crippen LogP contribution in [-0.4, -0.2) is 12.6 Å². The highest BCUT2D eigenvalue weighted by Gasteiger charge is 2.57. The largest absolute Gasteiger partial charge is 0.330 e. The predicted molar refractivity (Wildman–Crippen MR) is 62.3 cm³/mol. The van der Waals surface area contributed by atoms with E-state index in [9.17, 15) is 0 Å². The molecule has 4 N–H and O–H groups in total. The minimum atomic E-state index is 0.505. The summed E-state index contributed by atoms with van der Waals surface area (Å²) < 4.78 is 0. The molecular weight excluding hydrogens is 184 g/mol. The molecule has 3 saturated carbocycles. The van der Waals surface area contributed by atoms with Crippen LogP contribution in [0.2, 0.25) is 0 Å². The van der Waals surface area contributed by atoms with Crippen LogP contribution in [0.3, 0.4) is 0 Å². The van der Waals surface area contributed by atoms with Crippen molar-refractivity contribution >= 4 is 0 Å². The quantitative estimate of drug-likeness (QED) is 0.691. The lowest BCUT2D eigenvalue weighted by Gasteiger charge is -2.47. The Hall–Kier alpha value is -0.0800. The van der Waals surface area contributed by atoms with Gasteiger partial charge < -0.3 is 11.5 Å². The second-order valence-corrected chi connectivity index (χ2v) is 6.23. The van der Waals surface area contributed by atoms with Crippen LogP contribution in [0.25, 0.3) is 0 Å². The minimum Gasteiger partial charge on any atom is -0.330 e. The molecule has 3 rings (SSSR count). The smallest absolute Gasteiger partial charge is 0.0127 e. The second kappa shape index (κ2) is 3.46.